The van der Waals surface area contributed by atoms with Gasteiger partial charge in [-0.25, -0.2) is 0 Å². The second-order valence-electron chi connectivity index (χ2n) is 12.3. The van der Waals surface area contributed by atoms with Crippen LogP contribution in [0.4, 0.5) is 0 Å². The summed E-state index contributed by atoms with van der Waals surface area (Å²) in [7, 11) is -0.396. The minimum Gasteiger partial charge on any atom is -0.399 e. The molecule has 1 aliphatic rings. The van der Waals surface area contributed by atoms with Crippen molar-refractivity contribution >= 4 is 34.1 Å². The zero-order chi connectivity index (χ0) is 23.0. The van der Waals surface area contributed by atoms with Gasteiger partial charge < -0.3 is 9.31 Å². The Bertz CT molecular complexity index is 1140. The summed E-state index contributed by atoms with van der Waals surface area (Å²) < 4.78 is 13.1. The molecular formula is C28H37BO2. The molecule has 1 fully saturated rings. The highest BCUT2D eigenvalue weighted by atomic mass is 16.7. The fourth-order valence-electron chi connectivity index (χ4n) is 4.30. The SMILES string of the molecule is CC(C)(C)c1ccc2c(B3OC(C)(C)C(C)(C)O3)c3cc(C(C)(C)C)ccc3cc2c1. The Morgan fingerprint density at radius 2 is 1.13 bits per heavy atom. The molecule has 2 nitrogen and oxygen atoms in total. The molecular weight excluding hydrogens is 379 g/mol. The van der Waals surface area contributed by atoms with E-state index in [2.05, 4.69) is 112 Å². The lowest BCUT2D eigenvalue weighted by Gasteiger charge is -2.32. The quantitative estimate of drug-likeness (QED) is 0.318. The van der Waals surface area contributed by atoms with Gasteiger partial charge in [0.1, 0.15) is 0 Å². The predicted molar refractivity (Wildman–Crippen MR) is 135 cm³/mol. The fraction of sp³-hybridized carbons (Fsp3) is 0.500. The van der Waals surface area contributed by atoms with Gasteiger partial charge in [0.05, 0.1) is 11.2 Å². The molecule has 164 valence electrons. The molecule has 1 heterocycles. The summed E-state index contributed by atoms with van der Waals surface area (Å²) in [6.07, 6.45) is 0. The summed E-state index contributed by atoms with van der Waals surface area (Å²) >= 11 is 0. The van der Waals surface area contributed by atoms with Crippen molar-refractivity contribution in [2.45, 2.75) is 91.3 Å². The lowest BCUT2D eigenvalue weighted by Crippen LogP contribution is -2.41. The molecule has 0 N–H and O–H groups in total. The first-order valence-electron chi connectivity index (χ1n) is 11.5. The minimum atomic E-state index is -0.396. The first kappa shape index (κ1) is 22.4. The molecule has 0 saturated carbocycles. The van der Waals surface area contributed by atoms with Crippen molar-refractivity contribution < 1.29 is 9.31 Å². The van der Waals surface area contributed by atoms with Gasteiger partial charge in [-0.3, -0.25) is 0 Å². The van der Waals surface area contributed by atoms with Gasteiger partial charge in [-0.15, -0.1) is 0 Å². The zero-order valence-corrected chi connectivity index (χ0v) is 20.9. The van der Waals surface area contributed by atoms with Gasteiger partial charge in [0.2, 0.25) is 0 Å². The average molecular weight is 416 g/mol. The van der Waals surface area contributed by atoms with Gasteiger partial charge in [-0.05, 0) is 82.7 Å². The highest BCUT2D eigenvalue weighted by Gasteiger charge is 2.52. The normalized spacial score (nSPS) is 18.8. The van der Waals surface area contributed by atoms with E-state index in [1.54, 1.807) is 0 Å². The maximum Gasteiger partial charge on any atom is 0.496 e. The largest absolute Gasteiger partial charge is 0.496 e. The summed E-state index contributed by atoms with van der Waals surface area (Å²) in [5.74, 6) is 0. The third kappa shape index (κ3) is 3.81. The van der Waals surface area contributed by atoms with Gasteiger partial charge >= 0.3 is 7.12 Å². The van der Waals surface area contributed by atoms with Crippen LogP contribution in [0.3, 0.4) is 0 Å². The van der Waals surface area contributed by atoms with Crippen molar-refractivity contribution in [1.82, 2.24) is 0 Å². The van der Waals surface area contributed by atoms with Crippen LogP contribution in [-0.2, 0) is 20.1 Å². The lowest BCUT2D eigenvalue weighted by molar-refractivity contribution is 0.00578. The number of benzene rings is 3. The van der Waals surface area contributed by atoms with Crippen molar-refractivity contribution in [2.24, 2.45) is 0 Å². The minimum absolute atomic E-state index is 0.0758. The van der Waals surface area contributed by atoms with Gasteiger partial charge in [-0.1, -0.05) is 77.9 Å². The summed E-state index contributed by atoms with van der Waals surface area (Å²) in [5, 5.41) is 4.91. The smallest absolute Gasteiger partial charge is 0.399 e. The second kappa shape index (κ2) is 6.83. The van der Waals surface area contributed by atoms with Crippen LogP contribution in [0.2, 0.25) is 0 Å². The van der Waals surface area contributed by atoms with Gasteiger partial charge in [0.25, 0.3) is 0 Å². The van der Waals surface area contributed by atoms with Crippen LogP contribution in [0.5, 0.6) is 0 Å². The summed E-state index contributed by atoms with van der Waals surface area (Å²) in [6, 6.07) is 16.0. The summed E-state index contributed by atoms with van der Waals surface area (Å²) in [6.45, 7) is 22.1. The molecule has 0 unspecified atom stereocenters. The van der Waals surface area contributed by atoms with Crippen molar-refractivity contribution in [3.63, 3.8) is 0 Å². The van der Waals surface area contributed by atoms with E-state index in [1.807, 2.05) is 0 Å². The Kier molecular flexibility index (Phi) is 4.93. The van der Waals surface area contributed by atoms with Gasteiger partial charge in [0, 0.05) is 0 Å². The van der Waals surface area contributed by atoms with E-state index in [0.717, 1.165) is 5.46 Å². The summed E-state index contributed by atoms with van der Waals surface area (Å²) in [5.41, 5.74) is 3.24. The molecule has 0 aliphatic carbocycles. The summed E-state index contributed by atoms with van der Waals surface area (Å²) in [4.78, 5) is 0. The maximum atomic E-state index is 6.57. The molecule has 0 spiro atoms. The van der Waals surface area contributed by atoms with E-state index in [9.17, 15) is 0 Å². The predicted octanol–water partition coefficient (Wildman–Crippen LogP) is 6.89. The molecule has 1 aliphatic heterocycles. The van der Waals surface area contributed by atoms with Crippen molar-refractivity contribution in [3.05, 3.63) is 53.6 Å². The van der Waals surface area contributed by atoms with E-state index < -0.39 is 7.12 Å². The Hall–Kier alpha value is -1.84. The fourth-order valence-corrected chi connectivity index (χ4v) is 4.30. The standard InChI is InChI=1S/C28H37BO2/c1-25(2,3)20-13-14-22-19(16-20)15-18-11-12-21(26(4,5)6)17-23(18)24(22)29-30-27(7,8)28(9,10)31-29/h11-17H,1-10H3. The van der Waals surface area contributed by atoms with Gasteiger partial charge in [0.15, 0.2) is 0 Å². The Morgan fingerprint density at radius 1 is 0.613 bits per heavy atom. The molecule has 3 aromatic rings. The lowest BCUT2D eigenvalue weighted by atomic mass is 9.71. The molecule has 3 aromatic carbocycles. The Labute approximate surface area is 188 Å². The molecule has 1 saturated heterocycles. The van der Waals surface area contributed by atoms with E-state index in [1.165, 1.54) is 32.7 Å². The van der Waals surface area contributed by atoms with Crippen LogP contribution in [0.25, 0.3) is 21.5 Å². The van der Waals surface area contributed by atoms with Crippen molar-refractivity contribution in [3.8, 4) is 0 Å². The zero-order valence-electron chi connectivity index (χ0n) is 20.9. The number of rotatable bonds is 1. The van der Waals surface area contributed by atoms with Crippen molar-refractivity contribution in [1.29, 1.82) is 0 Å². The number of hydrogen-bond donors (Lipinski definition) is 0. The first-order valence-corrected chi connectivity index (χ1v) is 11.5. The van der Waals surface area contributed by atoms with Crippen LogP contribution in [0.15, 0.2) is 42.5 Å². The number of hydrogen-bond acceptors (Lipinski definition) is 2. The monoisotopic (exact) mass is 416 g/mol. The maximum absolute atomic E-state index is 6.57. The molecule has 4 rings (SSSR count). The molecule has 0 atom stereocenters. The Morgan fingerprint density at radius 3 is 1.68 bits per heavy atom. The van der Waals surface area contributed by atoms with Crippen LogP contribution >= 0.6 is 0 Å². The van der Waals surface area contributed by atoms with Crippen LogP contribution in [0.1, 0.15) is 80.4 Å². The van der Waals surface area contributed by atoms with Crippen molar-refractivity contribution in [2.75, 3.05) is 0 Å². The Balaban J connectivity index is 2.04. The van der Waals surface area contributed by atoms with E-state index in [4.69, 9.17) is 9.31 Å². The van der Waals surface area contributed by atoms with E-state index in [-0.39, 0.29) is 22.0 Å². The molecule has 0 amide bonds. The molecule has 0 aromatic heterocycles. The first-order chi connectivity index (χ1) is 14.1. The molecule has 3 heteroatoms. The van der Waals surface area contributed by atoms with Crippen LogP contribution < -0.4 is 5.46 Å². The van der Waals surface area contributed by atoms with E-state index in [0.29, 0.717) is 0 Å². The molecule has 0 radical (unpaired) electrons. The number of fused-ring (bicyclic) bond motifs is 2. The highest BCUT2D eigenvalue weighted by molar-refractivity contribution is 6.68. The molecule has 0 bridgehead atoms. The molecule has 31 heavy (non-hydrogen) atoms. The third-order valence-electron chi connectivity index (χ3n) is 7.22. The van der Waals surface area contributed by atoms with Crippen LogP contribution in [-0.4, -0.2) is 18.3 Å². The average Bonchev–Trinajstić information content (AvgIpc) is 2.84. The van der Waals surface area contributed by atoms with E-state index >= 15 is 0 Å². The second-order valence-corrected chi connectivity index (χ2v) is 12.3. The van der Waals surface area contributed by atoms with Crippen LogP contribution in [0, 0.1) is 0 Å². The topological polar surface area (TPSA) is 18.5 Å². The van der Waals surface area contributed by atoms with Gasteiger partial charge in [-0.2, -0.15) is 0 Å². The third-order valence-corrected chi connectivity index (χ3v) is 7.22. The highest BCUT2D eigenvalue weighted by Crippen LogP contribution is 2.39.